The van der Waals surface area contributed by atoms with Crippen molar-refractivity contribution in [2.45, 2.75) is 50.6 Å². The minimum Gasteiger partial charge on any atom is -0.340 e. The van der Waals surface area contributed by atoms with Crippen LogP contribution in [0.15, 0.2) is 0 Å². The molecule has 2 aliphatic rings. The van der Waals surface area contributed by atoms with Crippen molar-refractivity contribution in [3.63, 3.8) is 0 Å². The van der Waals surface area contributed by atoms with Gasteiger partial charge in [0.2, 0.25) is 11.8 Å². The highest BCUT2D eigenvalue weighted by atomic mass is 32.2. The number of nitrogens with zero attached hydrogens (tertiary/aromatic N) is 1. The highest BCUT2D eigenvalue weighted by Gasteiger charge is 2.49. The molecule has 1 aliphatic heterocycles. The maximum absolute atomic E-state index is 12.8. The van der Waals surface area contributed by atoms with Crippen molar-refractivity contribution < 1.29 is 9.59 Å². The summed E-state index contributed by atoms with van der Waals surface area (Å²) in [4.78, 5) is 26.7. The zero-order valence-electron chi connectivity index (χ0n) is 12.0. The van der Waals surface area contributed by atoms with E-state index in [2.05, 4.69) is 11.2 Å². The van der Waals surface area contributed by atoms with E-state index in [0.717, 1.165) is 37.9 Å². The van der Waals surface area contributed by atoms with E-state index in [0.29, 0.717) is 12.3 Å². The molecule has 2 amide bonds. The largest absolute Gasteiger partial charge is 0.340 e. The molecule has 1 unspecified atom stereocenters. The number of carbonyl (C=O) groups excluding carboxylic acids is 2. The van der Waals surface area contributed by atoms with Crippen LogP contribution in [-0.4, -0.2) is 46.3 Å². The summed E-state index contributed by atoms with van der Waals surface area (Å²) in [6.45, 7) is 2.40. The van der Waals surface area contributed by atoms with Gasteiger partial charge in [0, 0.05) is 12.3 Å². The van der Waals surface area contributed by atoms with Crippen molar-refractivity contribution in [3.8, 4) is 12.3 Å². The number of rotatable bonds is 4. The molecule has 0 aromatic heterocycles. The van der Waals surface area contributed by atoms with Gasteiger partial charge >= 0.3 is 0 Å². The molecular formula is C15H22N2O2S. The topological polar surface area (TPSA) is 49.4 Å². The van der Waals surface area contributed by atoms with Gasteiger partial charge in [-0.05, 0) is 19.8 Å². The first-order chi connectivity index (χ1) is 9.60. The predicted octanol–water partition coefficient (Wildman–Crippen LogP) is 1.40. The van der Waals surface area contributed by atoms with Gasteiger partial charge in [-0.2, -0.15) is 0 Å². The van der Waals surface area contributed by atoms with Gasteiger partial charge in [0.1, 0.15) is 11.6 Å². The van der Waals surface area contributed by atoms with Gasteiger partial charge in [-0.15, -0.1) is 18.2 Å². The van der Waals surface area contributed by atoms with Crippen LogP contribution in [0.1, 0.15) is 39.0 Å². The lowest BCUT2D eigenvalue weighted by atomic mass is 9.78. The lowest BCUT2D eigenvalue weighted by Crippen LogP contribution is -2.70. The summed E-state index contributed by atoms with van der Waals surface area (Å²) in [5.74, 6) is 4.08. The number of piperazine rings is 1. The van der Waals surface area contributed by atoms with E-state index >= 15 is 0 Å². The maximum atomic E-state index is 12.8. The maximum Gasteiger partial charge on any atom is 0.249 e. The van der Waals surface area contributed by atoms with Crippen LogP contribution in [0.2, 0.25) is 0 Å². The van der Waals surface area contributed by atoms with Crippen LogP contribution >= 0.6 is 11.8 Å². The van der Waals surface area contributed by atoms with Crippen LogP contribution in [0.25, 0.3) is 0 Å². The van der Waals surface area contributed by atoms with E-state index in [1.807, 2.05) is 0 Å². The average Bonchev–Trinajstić information content (AvgIpc) is 2.46. The van der Waals surface area contributed by atoms with Crippen molar-refractivity contribution in [2.75, 3.05) is 18.1 Å². The van der Waals surface area contributed by atoms with Gasteiger partial charge in [0.05, 0.1) is 5.75 Å². The molecule has 5 heteroatoms. The van der Waals surface area contributed by atoms with Crippen LogP contribution in [0, 0.1) is 12.3 Å². The first-order valence-electron chi connectivity index (χ1n) is 7.25. The Morgan fingerprint density at radius 2 is 2.10 bits per heavy atom. The number of carbonyl (C=O) groups is 2. The number of amides is 2. The molecule has 20 heavy (non-hydrogen) atoms. The van der Waals surface area contributed by atoms with Crippen LogP contribution in [0.3, 0.4) is 0 Å². The molecule has 2 rings (SSSR count). The quantitative estimate of drug-likeness (QED) is 0.630. The second-order valence-electron chi connectivity index (χ2n) is 5.56. The molecule has 2 fully saturated rings. The Balaban J connectivity index is 2.06. The summed E-state index contributed by atoms with van der Waals surface area (Å²) in [7, 11) is 0. The van der Waals surface area contributed by atoms with Crippen LogP contribution in [0.5, 0.6) is 0 Å². The third-order valence-corrected chi connectivity index (χ3v) is 5.09. The SMILES string of the molecule is C#CCSCCN1C(=O)C2(CCCCC2)NC(=O)C1C. The predicted molar refractivity (Wildman–Crippen MR) is 81.3 cm³/mol. The number of thioether (sulfide) groups is 1. The van der Waals surface area contributed by atoms with Gasteiger partial charge in [0.25, 0.3) is 0 Å². The molecule has 0 aromatic carbocycles. The van der Waals surface area contributed by atoms with Crippen molar-refractivity contribution in [3.05, 3.63) is 0 Å². The number of terminal acetylenes is 1. The average molecular weight is 294 g/mol. The molecule has 4 nitrogen and oxygen atoms in total. The molecular weight excluding hydrogens is 272 g/mol. The zero-order valence-corrected chi connectivity index (χ0v) is 12.8. The fraction of sp³-hybridized carbons (Fsp3) is 0.733. The molecule has 1 saturated heterocycles. The monoisotopic (exact) mass is 294 g/mol. The van der Waals surface area contributed by atoms with Crippen LogP contribution in [0.4, 0.5) is 0 Å². The fourth-order valence-electron chi connectivity index (χ4n) is 3.07. The third kappa shape index (κ3) is 2.95. The summed E-state index contributed by atoms with van der Waals surface area (Å²) in [6, 6.07) is -0.374. The normalized spacial score (nSPS) is 25.4. The van der Waals surface area contributed by atoms with Gasteiger partial charge < -0.3 is 10.2 Å². The summed E-state index contributed by atoms with van der Waals surface area (Å²) >= 11 is 1.63. The van der Waals surface area contributed by atoms with E-state index in [1.165, 1.54) is 0 Å². The Bertz CT molecular complexity index is 424. The lowest BCUT2D eigenvalue weighted by Gasteiger charge is -2.46. The molecule has 1 saturated carbocycles. The molecule has 0 radical (unpaired) electrons. The summed E-state index contributed by atoms with van der Waals surface area (Å²) in [5, 5.41) is 2.99. The minimum absolute atomic E-state index is 0.0200. The highest BCUT2D eigenvalue weighted by Crippen LogP contribution is 2.33. The molecule has 1 spiro atoms. The van der Waals surface area contributed by atoms with E-state index in [-0.39, 0.29) is 17.9 Å². The van der Waals surface area contributed by atoms with Gasteiger partial charge in [-0.1, -0.05) is 25.2 Å². The smallest absolute Gasteiger partial charge is 0.249 e. The first-order valence-corrected chi connectivity index (χ1v) is 8.40. The van der Waals surface area contributed by atoms with E-state index in [9.17, 15) is 9.59 Å². The second kappa shape index (κ2) is 6.53. The number of nitrogens with one attached hydrogen (secondary N) is 1. The molecule has 0 bridgehead atoms. The second-order valence-corrected chi connectivity index (χ2v) is 6.67. The van der Waals surface area contributed by atoms with E-state index in [4.69, 9.17) is 6.42 Å². The minimum atomic E-state index is -0.626. The van der Waals surface area contributed by atoms with Crippen molar-refractivity contribution in [2.24, 2.45) is 0 Å². The molecule has 110 valence electrons. The van der Waals surface area contributed by atoms with E-state index in [1.54, 1.807) is 23.6 Å². The standard InChI is InChI=1S/C15H22N2O2S/c1-3-10-20-11-9-17-12(2)13(18)16-15(14(17)19)7-5-4-6-8-15/h1,12H,4-11H2,2H3,(H,16,18). The van der Waals surface area contributed by atoms with Crippen molar-refractivity contribution in [1.29, 1.82) is 0 Å². The third-order valence-electron chi connectivity index (χ3n) is 4.25. The number of hydrogen-bond donors (Lipinski definition) is 1. The van der Waals surface area contributed by atoms with Gasteiger partial charge in [-0.3, -0.25) is 9.59 Å². The molecule has 1 N–H and O–H groups in total. The van der Waals surface area contributed by atoms with E-state index < -0.39 is 5.54 Å². The number of hydrogen-bond acceptors (Lipinski definition) is 3. The fourth-order valence-corrected chi connectivity index (χ4v) is 3.66. The van der Waals surface area contributed by atoms with Gasteiger partial charge in [-0.25, -0.2) is 0 Å². The van der Waals surface area contributed by atoms with Crippen LogP contribution < -0.4 is 5.32 Å². The summed E-state index contributed by atoms with van der Waals surface area (Å²) in [5.41, 5.74) is -0.626. The Labute approximate surface area is 125 Å². The Kier molecular flexibility index (Phi) is 4.98. The summed E-state index contributed by atoms with van der Waals surface area (Å²) < 4.78 is 0. The zero-order chi connectivity index (χ0) is 14.6. The molecule has 1 aliphatic carbocycles. The highest BCUT2D eigenvalue weighted by molar-refractivity contribution is 7.99. The Hall–Kier alpha value is -1.15. The van der Waals surface area contributed by atoms with Crippen molar-refractivity contribution in [1.82, 2.24) is 10.2 Å². The summed E-state index contributed by atoms with van der Waals surface area (Å²) in [6.07, 6.45) is 9.95. The van der Waals surface area contributed by atoms with Crippen LogP contribution in [-0.2, 0) is 9.59 Å². The first kappa shape index (κ1) is 15.2. The molecule has 1 heterocycles. The Morgan fingerprint density at radius 3 is 2.75 bits per heavy atom. The van der Waals surface area contributed by atoms with Gasteiger partial charge in [0.15, 0.2) is 0 Å². The molecule has 1 atom stereocenters. The van der Waals surface area contributed by atoms with Crippen molar-refractivity contribution >= 4 is 23.6 Å². The molecule has 0 aromatic rings. The lowest BCUT2D eigenvalue weighted by molar-refractivity contribution is -0.155. The Morgan fingerprint density at radius 1 is 1.40 bits per heavy atom.